The molecule has 6 heteroatoms. The lowest BCUT2D eigenvalue weighted by Crippen LogP contribution is -2.40. The topological polar surface area (TPSA) is 86.3 Å². The summed E-state index contributed by atoms with van der Waals surface area (Å²) in [7, 11) is 0. The van der Waals surface area contributed by atoms with Gasteiger partial charge >= 0.3 is 5.97 Å². The number of aryl methyl sites for hydroxylation is 1. The van der Waals surface area contributed by atoms with Crippen LogP contribution < -0.4 is 0 Å². The van der Waals surface area contributed by atoms with Crippen LogP contribution >= 0.6 is 0 Å². The van der Waals surface area contributed by atoms with E-state index in [-0.39, 0.29) is 5.91 Å². The molecule has 0 saturated carbocycles. The van der Waals surface area contributed by atoms with Crippen LogP contribution in [-0.2, 0) is 11.2 Å². The highest BCUT2D eigenvalue weighted by Crippen LogP contribution is 2.19. The Morgan fingerprint density at radius 1 is 1.65 bits per heavy atom. The highest BCUT2D eigenvalue weighted by molar-refractivity contribution is 5.95. The maximum absolute atomic E-state index is 12.1. The van der Waals surface area contributed by atoms with Crippen LogP contribution in [0, 0.1) is 0 Å². The maximum Gasteiger partial charge on any atom is 0.326 e. The first-order valence-corrected chi connectivity index (χ1v) is 5.71. The molecule has 0 aliphatic carbocycles. The fourth-order valence-corrected chi connectivity index (χ4v) is 2.07. The average molecular weight is 237 g/mol. The number of amides is 1. The third-order valence-corrected chi connectivity index (χ3v) is 3.03. The molecule has 17 heavy (non-hydrogen) atoms. The zero-order valence-corrected chi connectivity index (χ0v) is 9.64. The largest absolute Gasteiger partial charge is 0.480 e. The minimum Gasteiger partial charge on any atom is -0.480 e. The van der Waals surface area contributed by atoms with Crippen LogP contribution in [-0.4, -0.2) is 44.7 Å². The van der Waals surface area contributed by atoms with Gasteiger partial charge in [-0.2, -0.15) is 5.10 Å². The van der Waals surface area contributed by atoms with E-state index in [1.807, 2.05) is 6.92 Å². The van der Waals surface area contributed by atoms with Gasteiger partial charge in [-0.1, -0.05) is 6.92 Å². The molecule has 0 unspecified atom stereocenters. The summed E-state index contributed by atoms with van der Waals surface area (Å²) < 4.78 is 0. The van der Waals surface area contributed by atoms with Crippen LogP contribution in [0.15, 0.2) is 6.07 Å². The molecule has 1 amide bonds. The Morgan fingerprint density at radius 2 is 2.41 bits per heavy atom. The second kappa shape index (κ2) is 4.57. The molecule has 0 spiro atoms. The number of aromatic amines is 1. The van der Waals surface area contributed by atoms with Gasteiger partial charge in [0, 0.05) is 12.2 Å². The fourth-order valence-electron chi connectivity index (χ4n) is 2.07. The number of aromatic nitrogens is 2. The lowest BCUT2D eigenvalue weighted by Gasteiger charge is -2.19. The first kappa shape index (κ1) is 11.6. The standard InChI is InChI=1S/C11H15N3O3/c1-2-7-6-8(13-12-7)10(15)14-5-3-4-9(14)11(16)17/h6,9H,2-5H2,1H3,(H,12,13)(H,16,17)/t9-/m1/s1. The molecular weight excluding hydrogens is 222 g/mol. The molecule has 2 rings (SSSR count). The molecule has 2 heterocycles. The van der Waals surface area contributed by atoms with E-state index >= 15 is 0 Å². The van der Waals surface area contributed by atoms with Gasteiger partial charge in [0.2, 0.25) is 0 Å². The van der Waals surface area contributed by atoms with Crippen molar-refractivity contribution in [2.75, 3.05) is 6.54 Å². The van der Waals surface area contributed by atoms with Crippen LogP contribution in [0.25, 0.3) is 0 Å². The molecule has 1 aromatic rings. The Labute approximate surface area is 98.6 Å². The van der Waals surface area contributed by atoms with Crippen LogP contribution in [0.3, 0.4) is 0 Å². The van der Waals surface area contributed by atoms with Gasteiger partial charge in [-0.25, -0.2) is 4.79 Å². The van der Waals surface area contributed by atoms with Gasteiger partial charge < -0.3 is 10.0 Å². The van der Waals surface area contributed by atoms with Crippen molar-refractivity contribution in [3.63, 3.8) is 0 Å². The molecule has 92 valence electrons. The zero-order chi connectivity index (χ0) is 12.4. The number of hydrogen-bond donors (Lipinski definition) is 2. The molecule has 1 fully saturated rings. The van der Waals surface area contributed by atoms with Gasteiger partial charge in [-0.15, -0.1) is 0 Å². The summed E-state index contributed by atoms with van der Waals surface area (Å²) in [6.07, 6.45) is 2.02. The van der Waals surface area contributed by atoms with Crippen molar-refractivity contribution in [3.8, 4) is 0 Å². The summed E-state index contributed by atoms with van der Waals surface area (Å²) in [5.74, 6) is -1.24. The number of aliphatic carboxylic acids is 1. The number of nitrogens with zero attached hydrogens (tertiary/aromatic N) is 2. The summed E-state index contributed by atoms with van der Waals surface area (Å²) in [5.41, 5.74) is 1.18. The van der Waals surface area contributed by atoms with E-state index in [1.54, 1.807) is 6.07 Å². The Balaban J connectivity index is 2.16. The lowest BCUT2D eigenvalue weighted by atomic mass is 10.2. The van der Waals surface area contributed by atoms with Gasteiger partial charge in [-0.3, -0.25) is 9.89 Å². The third-order valence-electron chi connectivity index (χ3n) is 3.03. The smallest absolute Gasteiger partial charge is 0.326 e. The number of rotatable bonds is 3. The normalized spacial score (nSPS) is 19.6. The first-order chi connectivity index (χ1) is 8.13. The van der Waals surface area contributed by atoms with E-state index in [0.717, 1.165) is 18.5 Å². The van der Waals surface area contributed by atoms with Gasteiger partial charge in [0.1, 0.15) is 11.7 Å². The Morgan fingerprint density at radius 3 is 3.00 bits per heavy atom. The molecule has 0 bridgehead atoms. The third kappa shape index (κ3) is 2.15. The SMILES string of the molecule is CCc1cc(C(=O)N2CCC[C@@H]2C(=O)O)n[nH]1. The van der Waals surface area contributed by atoms with Crippen molar-refractivity contribution in [2.24, 2.45) is 0 Å². The number of carboxylic acid groups (broad SMARTS) is 1. The number of carbonyl (C=O) groups is 2. The van der Waals surface area contributed by atoms with Gasteiger partial charge in [-0.05, 0) is 25.3 Å². The highest BCUT2D eigenvalue weighted by atomic mass is 16.4. The number of nitrogens with one attached hydrogen (secondary N) is 1. The monoisotopic (exact) mass is 237 g/mol. The molecule has 1 aromatic heterocycles. The van der Waals surface area contributed by atoms with Gasteiger partial charge in [0.25, 0.3) is 5.91 Å². The van der Waals surface area contributed by atoms with Crippen molar-refractivity contribution in [2.45, 2.75) is 32.2 Å². The number of H-pyrrole nitrogens is 1. The van der Waals surface area contributed by atoms with E-state index < -0.39 is 12.0 Å². The van der Waals surface area contributed by atoms with E-state index in [9.17, 15) is 9.59 Å². The van der Waals surface area contributed by atoms with Crippen LogP contribution in [0.5, 0.6) is 0 Å². The summed E-state index contributed by atoms with van der Waals surface area (Å²) in [4.78, 5) is 24.4. The highest BCUT2D eigenvalue weighted by Gasteiger charge is 2.35. The van der Waals surface area contributed by atoms with Gasteiger partial charge in [0.05, 0.1) is 0 Å². The van der Waals surface area contributed by atoms with E-state index in [2.05, 4.69) is 10.2 Å². The summed E-state index contributed by atoms with van der Waals surface area (Å²) in [6, 6.07) is 0.976. The van der Waals surface area contributed by atoms with Crippen molar-refractivity contribution < 1.29 is 14.7 Å². The van der Waals surface area contributed by atoms with Crippen molar-refractivity contribution in [1.82, 2.24) is 15.1 Å². The minimum atomic E-state index is -0.942. The summed E-state index contributed by atoms with van der Waals surface area (Å²) in [6.45, 7) is 2.45. The molecule has 1 aliphatic heterocycles. The van der Waals surface area contributed by atoms with Crippen LogP contribution in [0.1, 0.15) is 35.9 Å². The Bertz CT molecular complexity index is 441. The van der Waals surface area contributed by atoms with Crippen molar-refractivity contribution in [1.29, 1.82) is 0 Å². The quantitative estimate of drug-likeness (QED) is 0.808. The second-order valence-corrected chi connectivity index (χ2v) is 4.13. The fraction of sp³-hybridized carbons (Fsp3) is 0.545. The van der Waals surface area contributed by atoms with Gasteiger partial charge in [0.15, 0.2) is 0 Å². The Hall–Kier alpha value is -1.85. The summed E-state index contributed by atoms with van der Waals surface area (Å²) >= 11 is 0. The molecule has 1 aliphatic rings. The molecule has 1 atom stereocenters. The molecule has 2 N–H and O–H groups in total. The number of carboxylic acids is 1. The molecule has 0 radical (unpaired) electrons. The van der Waals surface area contributed by atoms with E-state index in [4.69, 9.17) is 5.11 Å². The molecule has 0 aromatic carbocycles. The second-order valence-electron chi connectivity index (χ2n) is 4.13. The predicted molar refractivity (Wildman–Crippen MR) is 59.7 cm³/mol. The average Bonchev–Trinajstić information content (AvgIpc) is 2.97. The zero-order valence-electron chi connectivity index (χ0n) is 9.64. The Kier molecular flexibility index (Phi) is 3.12. The molecule has 6 nitrogen and oxygen atoms in total. The van der Waals surface area contributed by atoms with Crippen molar-refractivity contribution >= 4 is 11.9 Å². The number of carbonyl (C=O) groups excluding carboxylic acids is 1. The first-order valence-electron chi connectivity index (χ1n) is 5.71. The van der Waals surface area contributed by atoms with Crippen molar-refractivity contribution in [3.05, 3.63) is 17.5 Å². The predicted octanol–water partition coefficient (Wildman–Crippen LogP) is 0.661. The van der Waals surface area contributed by atoms with E-state index in [0.29, 0.717) is 18.7 Å². The molecular formula is C11H15N3O3. The van der Waals surface area contributed by atoms with E-state index in [1.165, 1.54) is 4.90 Å². The summed E-state index contributed by atoms with van der Waals surface area (Å²) in [5, 5.41) is 15.7. The van der Waals surface area contributed by atoms with Crippen LogP contribution in [0.4, 0.5) is 0 Å². The number of hydrogen-bond acceptors (Lipinski definition) is 3. The number of likely N-dealkylation sites (tertiary alicyclic amines) is 1. The maximum atomic E-state index is 12.1. The molecule has 1 saturated heterocycles. The van der Waals surface area contributed by atoms with Crippen LogP contribution in [0.2, 0.25) is 0 Å². The lowest BCUT2D eigenvalue weighted by molar-refractivity contribution is -0.141. The minimum absolute atomic E-state index is 0.300.